The number of nitrogens with one attached hydrogen (secondary N) is 1. The zero-order valence-corrected chi connectivity index (χ0v) is 18.7. The Morgan fingerprint density at radius 1 is 1.09 bits per heavy atom. The largest absolute Gasteiger partial charge is 0.493 e. The lowest BCUT2D eigenvalue weighted by Crippen LogP contribution is -2.37. The van der Waals surface area contributed by atoms with Crippen LogP contribution in [0.15, 0.2) is 36.7 Å². The predicted octanol–water partition coefficient (Wildman–Crippen LogP) is 2.53. The summed E-state index contributed by atoms with van der Waals surface area (Å²) < 4.78 is 32.3. The molecule has 4 aromatic rings. The Kier molecular flexibility index (Phi) is 5.72. The van der Waals surface area contributed by atoms with E-state index >= 15 is 0 Å². The number of rotatable bonds is 6. The van der Waals surface area contributed by atoms with E-state index < -0.39 is 0 Å². The molecule has 0 radical (unpaired) electrons. The Morgan fingerprint density at radius 2 is 1.85 bits per heavy atom. The molecule has 0 bridgehead atoms. The number of nitrogens with zero attached hydrogens (tertiary/aromatic N) is 6. The van der Waals surface area contributed by atoms with Crippen LogP contribution >= 0.6 is 0 Å². The summed E-state index contributed by atoms with van der Waals surface area (Å²) >= 11 is 0. The molecule has 1 aliphatic rings. The minimum absolute atomic E-state index is 0.0987. The summed E-state index contributed by atoms with van der Waals surface area (Å²) in [6.07, 6.45) is 1.40. The fourth-order valence-electron chi connectivity index (χ4n) is 3.92. The number of halogens is 1. The number of aromatic nitrogens is 5. The summed E-state index contributed by atoms with van der Waals surface area (Å²) in [6, 6.07) is 8.31. The van der Waals surface area contributed by atoms with Crippen LogP contribution < -0.4 is 25.4 Å². The summed E-state index contributed by atoms with van der Waals surface area (Å²) in [5, 5.41) is 8.22. The number of fused-ring (bicyclic) bond motifs is 1. The highest BCUT2D eigenvalue weighted by Gasteiger charge is 2.21. The molecule has 176 valence electrons. The molecular weight excluding hydrogens is 443 g/mol. The fourth-order valence-corrected chi connectivity index (χ4v) is 3.92. The van der Waals surface area contributed by atoms with Gasteiger partial charge in [0.2, 0.25) is 11.9 Å². The number of ether oxygens (including phenoxy) is 3. The van der Waals surface area contributed by atoms with Gasteiger partial charge in [-0.25, -0.2) is 14.4 Å². The molecule has 0 spiro atoms. The van der Waals surface area contributed by atoms with Crippen LogP contribution in [0.5, 0.6) is 11.5 Å². The van der Waals surface area contributed by atoms with Gasteiger partial charge in [0.15, 0.2) is 17.3 Å². The second kappa shape index (κ2) is 8.98. The quantitative estimate of drug-likeness (QED) is 0.438. The first-order chi connectivity index (χ1) is 16.6. The van der Waals surface area contributed by atoms with E-state index in [0.29, 0.717) is 65.9 Å². The molecule has 5 rings (SSSR count). The van der Waals surface area contributed by atoms with Crippen LogP contribution in [0.1, 0.15) is 0 Å². The molecule has 12 heteroatoms. The minimum Gasteiger partial charge on any atom is -0.493 e. The maximum absolute atomic E-state index is 14.8. The third-order valence-corrected chi connectivity index (χ3v) is 5.51. The van der Waals surface area contributed by atoms with E-state index in [2.05, 4.69) is 25.4 Å². The molecule has 1 fully saturated rings. The van der Waals surface area contributed by atoms with Crippen molar-refractivity contribution in [3.63, 3.8) is 0 Å². The third-order valence-electron chi connectivity index (χ3n) is 5.51. The van der Waals surface area contributed by atoms with Crippen LogP contribution in [0.2, 0.25) is 0 Å². The lowest BCUT2D eigenvalue weighted by atomic mass is 10.2. The van der Waals surface area contributed by atoms with Crippen LogP contribution in [-0.4, -0.2) is 65.3 Å². The summed E-state index contributed by atoms with van der Waals surface area (Å²) in [6.45, 7) is 2.22. The second-order valence-electron chi connectivity index (χ2n) is 7.49. The smallest absolute Gasteiger partial charge is 0.248 e. The maximum Gasteiger partial charge on any atom is 0.248 e. The number of nitrogens with two attached hydrogens (primary N) is 1. The lowest BCUT2D eigenvalue weighted by Gasteiger charge is -2.30. The minimum atomic E-state index is -0.345. The van der Waals surface area contributed by atoms with Crippen molar-refractivity contribution >= 4 is 34.2 Å². The molecule has 11 nitrogen and oxygen atoms in total. The van der Waals surface area contributed by atoms with Gasteiger partial charge in [-0.1, -0.05) is 6.07 Å². The number of para-hydroxylation sites is 1. The molecule has 3 heterocycles. The molecule has 34 heavy (non-hydrogen) atoms. The maximum atomic E-state index is 14.8. The summed E-state index contributed by atoms with van der Waals surface area (Å²) in [5.74, 6) is 1.42. The monoisotopic (exact) mass is 466 g/mol. The normalized spacial score (nSPS) is 13.8. The van der Waals surface area contributed by atoms with Gasteiger partial charge >= 0.3 is 0 Å². The van der Waals surface area contributed by atoms with Gasteiger partial charge in [-0.05, 0) is 18.2 Å². The van der Waals surface area contributed by atoms with Gasteiger partial charge in [0, 0.05) is 24.5 Å². The van der Waals surface area contributed by atoms with Crippen LogP contribution in [-0.2, 0) is 4.74 Å². The van der Waals surface area contributed by atoms with Gasteiger partial charge in [0.1, 0.15) is 12.1 Å². The van der Waals surface area contributed by atoms with Crippen molar-refractivity contribution in [1.82, 2.24) is 24.7 Å². The molecule has 0 aliphatic carbocycles. The van der Waals surface area contributed by atoms with Crippen molar-refractivity contribution < 1.29 is 18.6 Å². The zero-order chi connectivity index (χ0) is 23.7. The Hall–Kier alpha value is -4.19. The molecular formula is C22H23FN8O3. The molecule has 2 aromatic heterocycles. The van der Waals surface area contributed by atoms with Crippen LogP contribution in [0.25, 0.3) is 16.7 Å². The molecule has 0 saturated carbocycles. The van der Waals surface area contributed by atoms with Crippen molar-refractivity contribution in [2.24, 2.45) is 0 Å². The number of hydrogen-bond donors (Lipinski definition) is 2. The van der Waals surface area contributed by atoms with E-state index in [1.807, 2.05) is 4.90 Å². The van der Waals surface area contributed by atoms with E-state index in [-0.39, 0.29) is 17.7 Å². The highest BCUT2D eigenvalue weighted by atomic mass is 19.1. The van der Waals surface area contributed by atoms with E-state index in [1.54, 1.807) is 38.5 Å². The number of nitrogen functional groups attached to an aromatic ring is 1. The Bertz CT molecular complexity index is 1340. The lowest BCUT2D eigenvalue weighted by molar-refractivity contribution is 0.122. The van der Waals surface area contributed by atoms with Crippen molar-refractivity contribution in [1.29, 1.82) is 0 Å². The number of methoxy groups -OCH3 is 2. The van der Waals surface area contributed by atoms with Gasteiger partial charge in [-0.3, -0.25) is 0 Å². The van der Waals surface area contributed by atoms with Gasteiger partial charge in [-0.2, -0.15) is 9.67 Å². The predicted molar refractivity (Wildman–Crippen MR) is 125 cm³/mol. The van der Waals surface area contributed by atoms with Gasteiger partial charge in [-0.15, -0.1) is 5.10 Å². The Morgan fingerprint density at radius 3 is 2.62 bits per heavy atom. The third kappa shape index (κ3) is 3.88. The van der Waals surface area contributed by atoms with Crippen LogP contribution in [0.4, 0.5) is 27.7 Å². The molecule has 1 aliphatic heterocycles. The average Bonchev–Trinajstić information content (AvgIpc) is 3.22. The average molecular weight is 466 g/mol. The fraction of sp³-hybridized carbons (Fsp3) is 0.273. The topological polar surface area (TPSA) is 125 Å². The first-order valence-electron chi connectivity index (χ1n) is 10.6. The SMILES string of the molecule is COc1cc2ncnc(-n3nc(Nc4cccc(F)c4N4CCOCC4)nc3N)c2cc1OC. The first-order valence-corrected chi connectivity index (χ1v) is 10.6. The highest BCUT2D eigenvalue weighted by molar-refractivity contribution is 5.88. The standard InChI is InChI=1S/C22H23FN8O3/c1-32-17-10-13-16(11-18(17)33-2)25-12-26-20(13)31-21(24)28-22(29-31)27-15-5-3-4-14(23)19(15)30-6-8-34-9-7-30/h3-5,10-12H,6-9H2,1-2H3,(H3,24,27,28,29). The molecule has 2 aromatic carbocycles. The highest BCUT2D eigenvalue weighted by Crippen LogP contribution is 2.34. The molecule has 0 atom stereocenters. The van der Waals surface area contributed by atoms with Crippen molar-refractivity contribution in [2.75, 3.05) is 56.5 Å². The van der Waals surface area contributed by atoms with E-state index in [0.717, 1.165) is 0 Å². The summed E-state index contributed by atoms with van der Waals surface area (Å²) in [4.78, 5) is 14.9. The van der Waals surface area contributed by atoms with Crippen molar-refractivity contribution in [2.45, 2.75) is 0 Å². The Labute approximate surface area is 194 Å². The zero-order valence-electron chi connectivity index (χ0n) is 18.7. The van der Waals surface area contributed by atoms with Gasteiger partial charge in [0.05, 0.1) is 44.3 Å². The summed E-state index contributed by atoms with van der Waals surface area (Å²) in [5.41, 5.74) is 7.77. The number of hydrogen-bond acceptors (Lipinski definition) is 10. The number of anilines is 4. The van der Waals surface area contributed by atoms with Crippen molar-refractivity contribution in [3.8, 4) is 17.3 Å². The van der Waals surface area contributed by atoms with Gasteiger partial charge in [0.25, 0.3) is 0 Å². The molecule has 0 unspecified atom stereocenters. The van der Waals surface area contributed by atoms with Crippen LogP contribution in [0.3, 0.4) is 0 Å². The molecule has 3 N–H and O–H groups in total. The van der Waals surface area contributed by atoms with E-state index in [4.69, 9.17) is 19.9 Å². The molecule has 1 saturated heterocycles. The number of benzene rings is 2. The first kappa shape index (κ1) is 21.6. The number of morpholine rings is 1. The van der Waals surface area contributed by atoms with E-state index in [9.17, 15) is 4.39 Å². The Balaban J connectivity index is 1.53. The molecule has 0 amide bonds. The van der Waals surface area contributed by atoms with Crippen LogP contribution in [0, 0.1) is 5.82 Å². The van der Waals surface area contributed by atoms with Gasteiger partial charge < -0.3 is 30.2 Å². The second-order valence-corrected chi connectivity index (χ2v) is 7.49. The summed E-state index contributed by atoms with van der Waals surface area (Å²) in [7, 11) is 3.10. The van der Waals surface area contributed by atoms with E-state index in [1.165, 1.54) is 17.1 Å². The van der Waals surface area contributed by atoms with Crippen molar-refractivity contribution in [3.05, 3.63) is 42.5 Å².